The average molecular weight is 461 g/mol. The first-order valence-electron chi connectivity index (χ1n) is 11.4. The van der Waals surface area contributed by atoms with E-state index in [0.717, 1.165) is 48.1 Å². The molecule has 2 aliphatic heterocycles. The minimum Gasteiger partial charge on any atom is -0.450 e. The average Bonchev–Trinajstić information content (AvgIpc) is 3.22. The van der Waals surface area contributed by atoms with Crippen LogP contribution in [0.3, 0.4) is 0 Å². The standard InChI is InChI=1S/C27H29ClN4O/c1-19-17-22(9-11-24(19)21-7-5-4-6-8-21)27-32(29-20(2)33-27)23-10-12-25(28)26(18-23)31-15-13-30(3)14-16-31/h4-12,17-18,27H,13-16H2,1-3H3. The van der Waals surface area contributed by atoms with Crippen molar-refractivity contribution in [3.05, 3.63) is 82.9 Å². The molecule has 33 heavy (non-hydrogen) atoms. The highest BCUT2D eigenvalue weighted by Crippen LogP contribution is 2.38. The lowest BCUT2D eigenvalue weighted by molar-refractivity contribution is 0.216. The normalized spacial score (nSPS) is 18.9. The third kappa shape index (κ3) is 4.43. The predicted octanol–water partition coefficient (Wildman–Crippen LogP) is 5.94. The summed E-state index contributed by atoms with van der Waals surface area (Å²) in [7, 11) is 2.16. The van der Waals surface area contributed by atoms with E-state index in [0.29, 0.717) is 5.90 Å². The van der Waals surface area contributed by atoms with Crippen LogP contribution >= 0.6 is 11.6 Å². The number of piperazine rings is 1. The maximum absolute atomic E-state index is 6.61. The highest BCUT2D eigenvalue weighted by molar-refractivity contribution is 6.33. The van der Waals surface area contributed by atoms with E-state index >= 15 is 0 Å². The van der Waals surface area contributed by atoms with Gasteiger partial charge in [0.15, 0.2) is 0 Å². The predicted molar refractivity (Wildman–Crippen MR) is 137 cm³/mol. The molecule has 1 atom stereocenters. The van der Waals surface area contributed by atoms with Gasteiger partial charge in [0.25, 0.3) is 0 Å². The van der Waals surface area contributed by atoms with Crippen molar-refractivity contribution < 1.29 is 4.74 Å². The van der Waals surface area contributed by atoms with Crippen molar-refractivity contribution in [1.29, 1.82) is 0 Å². The van der Waals surface area contributed by atoms with Crippen molar-refractivity contribution in [2.75, 3.05) is 43.1 Å². The topological polar surface area (TPSA) is 31.3 Å². The largest absolute Gasteiger partial charge is 0.450 e. The number of nitrogens with zero attached hydrogens (tertiary/aromatic N) is 4. The first kappa shape index (κ1) is 21.8. The zero-order valence-corrected chi connectivity index (χ0v) is 20.1. The Hall–Kier alpha value is -3.02. The molecule has 0 N–H and O–H groups in total. The molecule has 0 spiro atoms. The zero-order valence-electron chi connectivity index (χ0n) is 19.3. The molecule has 170 valence electrons. The first-order chi connectivity index (χ1) is 16.0. The maximum Gasteiger partial charge on any atom is 0.219 e. The second-order valence-electron chi connectivity index (χ2n) is 8.80. The molecule has 5 nitrogen and oxygen atoms in total. The van der Waals surface area contributed by atoms with Crippen molar-refractivity contribution >= 4 is 28.9 Å². The first-order valence-corrected chi connectivity index (χ1v) is 11.8. The number of likely N-dealkylation sites (N-methyl/N-ethyl adjacent to an activating group) is 1. The van der Waals surface area contributed by atoms with Crippen LogP contribution in [0, 0.1) is 6.92 Å². The number of halogens is 1. The Kier molecular flexibility index (Phi) is 6.00. The van der Waals surface area contributed by atoms with Crippen molar-refractivity contribution in [3.8, 4) is 11.1 Å². The number of ether oxygens (including phenoxy) is 1. The van der Waals surface area contributed by atoms with Crippen molar-refractivity contribution in [2.24, 2.45) is 5.10 Å². The summed E-state index contributed by atoms with van der Waals surface area (Å²) >= 11 is 6.61. The molecular formula is C27H29ClN4O. The summed E-state index contributed by atoms with van der Waals surface area (Å²) in [5, 5.41) is 7.44. The molecule has 1 fully saturated rings. The summed E-state index contributed by atoms with van der Waals surface area (Å²) in [4.78, 5) is 4.70. The Morgan fingerprint density at radius 3 is 2.39 bits per heavy atom. The van der Waals surface area contributed by atoms with Gasteiger partial charge in [-0.2, -0.15) is 0 Å². The molecule has 0 aromatic heterocycles. The molecule has 1 saturated heterocycles. The Labute approximate surface area is 200 Å². The fourth-order valence-corrected chi connectivity index (χ4v) is 4.79. The van der Waals surface area contributed by atoms with Gasteiger partial charge < -0.3 is 14.5 Å². The monoisotopic (exact) mass is 460 g/mol. The van der Waals surface area contributed by atoms with Gasteiger partial charge in [-0.3, -0.25) is 0 Å². The third-order valence-electron chi connectivity index (χ3n) is 6.41. The molecule has 2 heterocycles. The molecule has 3 aromatic rings. The summed E-state index contributed by atoms with van der Waals surface area (Å²) in [6.45, 7) is 8.02. The molecule has 2 aliphatic rings. The Morgan fingerprint density at radius 2 is 1.67 bits per heavy atom. The van der Waals surface area contributed by atoms with Gasteiger partial charge in [-0.1, -0.05) is 54.1 Å². The van der Waals surface area contributed by atoms with Gasteiger partial charge in [0.2, 0.25) is 12.1 Å². The molecule has 3 aromatic carbocycles. The molecule has 0 saturated carbocycles. The van der Waals surface area contributed by atoms with Crippen molar-refractivity contribution in [1.82, 2.24) is 4.90 Å². The Balaban J connectivity index is 1.45. The summed E-state index contributed by atoms with van der Waals surface area (Å²) in [5.41, 5.74) is 6.75. The van der Waals surface area contributed by atoms with Crippen LogP contribution in [0.5, 0.6) is 0 Å². The number of hydrogen-bond acceptors (Lipinski definition) is 5. The van der Waals surface area contributed by atoms with Crippen LogP contribution in [0.15, 0.2) is 71.8 Å². The van der Waals surface area contributed by atoms with E-state index in [4.69, 9.17) is 21.4 Å². The van der Waals surface area contributed by atoms with Crippen molar-refractivity contribution in [2.45, 2.75) is 20.1 Å². The Bertz CT molecular complexity index is 1170. The molecule has 0 bridgehead atoms. The van der Waals surface area contributed by atoms with E-state index < -0.39 is 0 Å². The van der Waals surface area contributed by atoms with Crippen LogP contribution in [0.1, 0.15) is 24.3 Å². The quantitative estimate of drug-likeness (QED) is 0.482. The maximum atomic E-state index is 6.61. The second kappa shape index (κ2) is 9.08. The molecular weight excluding hydrogens is 432 g/mol. The number of hydrogen-bond donors (Lipinski definition) is 0. The minimum atomic E-state index is -0.310. The van der Waals surface area contributed by atoms with Gasteiger partial charge in [-0.25, -0.2) is 5.01 Å². The number of rotatable bonds is 4. The fraction of sp³-hybridized carbons (Fsp3) is 0.296. The SMILES string of the molecule is CC1=NN(c2ccc(Cl)c(N3CCN(C)CC3)c2)C(c2ccc(-c3ccccc3)c(C)c2)O1. The summed E-state index contributed by atoms with van der Waals surface area (Å²) in [5.74, 6) is 0.654. The van der Waals surface area contributed by atoms with E-state index in [1.165, 1.54) is 16.7 Å². The highest BCUT2D eigenvalue weighted by atomic mass is 35.5. The van der Waals surface area contributed by atoms with Gasteiger partial charge in [-0.05, 0) is 54.9 Å². The van der Waals surface area contributed by atoms with Crippen LogP contribution < -0.4 is 9.91 Å². The van der Waals surface area contributed by atoms with Crippen molar-refractivity contribution in [3.63, 3.8) is 0 Å². The lowest BCUT2D eigenvalue weighted by Crippen LogP contribution is -2.44. The smallest absolute Gasteiger partial charge is 0.219 e. The van der Waals surface area contributed by atoms with E-state index in [2.05, 4.69) is 72.3 Å². The third-order valence-corrected chi connectivity index (χ3v) is 6.73. The van der Waals surface area contributed by atoms with Gasteiger partial charge in [0, 0.05) is 38.7 Å². The number of hydrazone groups is 1. The molecule has 1 unspecified atom stereocenters. The van der Waals surface area contributed by atoms with E-state index in [9.17, 15) is 0 Å². The molecule has 0 radical (unpaired) electrons. The number of anilines is 2. The molecule has 6 heteroatoms. The lowest BCUT2D eigenvalue weighted by Gasteiger charge is -2.35. The fourth-order valence-electron chi connectivity index (χ4n) is 4.56. The van der Waals surface area contributed by atoms with Crippen LogP contribution in [-0.4, -0.2) is 44.0 Å². The lowest BCUT2D eigenvalue weighted by atomic mass is 9.98. The Morgan fingerprint density at radius 1 is 0.909 bits per heavy atom. The summed E-state index contributed by atoms with van der Waals surface area (Å²) in [6.07, 6.45) is -0.310. The zero-order chi connectivity index (χ0) is 22.9. The van der Waals surface area contributed by atoms with Crippen LogP contribution in [-0.2, 0) is 4.74 Å². The number of aryl methyl sites for hydroxylation is 1. The minimum absolute atomic E-state index is 0.310. The number of benzene rings is 3. The van der Waals surface area contributed by atoms with Gasteiger partial charge in [-0.15, -0.1) is 5.10 Å². The molecule has 5 rings (SSSR count). The highest BCUT2D eigenvalue weighted by Gasteiger charge is 2.30. The summed E-state index contributed by atoms with van der Waals surface area (Å²) < 4.78 is 6.17. The van der Waals surface area contributed by atoms with Gasteiger partial charge in [0.1, 0.15) is 0 Å². The van der Waals surface area contributed by atoms with Gasteiger partial charge in [0.05, 0.1) is 16.4 Å². The van der Waals surface area contributed by atoms with E-state index in [1.807, 2.05) is 30.1 Å². The van der Waals surface area contributed by atoms with Gasteiger partial charge >= 0.3 is 0 Å². The van der Waals surface area contributed by atoms with E-state index in [-0.39, 0.29) is 6.23 Å². The summed E-state index contributed by atoms with van der Waals surface area (Å²) in [6, 6.07) is 23.1. The van der Waals surface area contributed by atoms with Crippen LogP contribution in [0.4, 0.5) is 11.4 Å². The molecule has 0 aliphatic carbocycles. The van der Waals surface area contributed by atoms with Crippen LogP contribution in [0.2, 0.25) is 5.02 Å². The molecule has 0 amide bonds. The second-order valence-corrected chi connectivity index (χ2v) is 9.21. The van der Waals surface area contributed by atoms with E-state index in [1.54, 1.807) is 0 Å². The van der Waals surface area contributed by atoms with Crippen LogP contribution in [0.25, 0.3) is 11.1 Å².